The number of carbonyl (C=O) groups is 2. The van der Waals surface area contributed by atoms with E-state index in [9.17, 15) is 14.0 Å². The highest BCUT2D eigenvalue weighted by Crippen LogP contribution is 2.24. The predicted molar refractivity (Wildman–Crippen MR) is 129 cm³/mol. The first-order valence-corrected chi connectivity index (χ1v) is 11.7. The highest BCUT2D eigenvalue weighted by molar-refractivity contribution is 5.88. The normalized spacial score (nSPS) is 18.9. The van der Waals surface area contributed by atoms with Gasteiger partial charge in [0.1, 0.15) is 17.6 Å². The topological polar surface area (TPSA) is 79.9 Å². The van der Waals surface area contributed by atoms with E-state index in [-0.39, 0.29) is 48.9 Å². The SMILES string of the molecule is CC1CN(c2ccc(CNC(=O)C(NC(=O)COc3ccccc3)C(C)C)cc2F)CC(C)O1. The summed E-state index contributed by atoms with van der Waals surface area (Å²) in [6, 6.07) is 13.3. The highest BCUT2D eigenvalue weighted by Gasteiger charge is 2.26. The van der Waals surface area contributed by atoms with Gasteiger partial charge in [0.05, 0.1) is 17.9 Å². The van der Waals surface area contributed by atoms with Crippen molar-refractivity contribution in [3.05, 3.63) is 59.9 Å². The van der Waals surface area contributed by atoms with Gasteiger partial charge in [-0.15, -0.1) is 0 Å². The smallest absolute Gasteiger partial charge is 0.258 e. The fourth-order valence-electron chi connectivity index (χ4n) is 4.01. The van der Waals surface area contributed by atoms with Gasteiger partial charge in [-0.25, -0.2) is 4.39 Å². The minimum Gasteiger partial charge on any atom is -0.484 e. The molecule has 1 aliphatic rings. The van der Waals surface area contributed by atoms with Crippen molar-refractivity contribution in [3.63, 3.8) is 0 Å². The first-order valence-electron chi connectivity index (χ1n) is 11.7. The van der Waals surface area contributed by atoms with E-state index in [2.05, 4.69) is 10.6 Å². The predicted octanol–water partition coefficient (Wildman–Crippen LogP) is 3.28. The number of hydrogen-bond donors (Lipinski definition) is 2. The summed E-state index contributed by atoms with van der Waals surface area (Å²) in [7, 11) is 0. The van der Waals surface area contributed by atoms with Gasteiger partial charge >= 0.3 is 0 Å². The molecule has 0 aliphatic carbocycles. The average Bonchev–Trinajstić information content (AvgIpc) is 2.79. The molecule has 1 saturated heterocycles. The van der Waals surface area contributed by atoms with Crippen LogP contribution in [0.5, 0.6) is 5.75 Å². The van der Waals surface area contributed by atoms with Gasteiger partial charge in [-0.1, -0.05) is 38.1 Å². The number of para-hydroxylation sites is 1. The van der Waals surface area contributed by atoms with E-state index in [4.69, 9.17) is 9.47 Å². The third-order valence-corrected chi connectivity index (χ3v) is 5.62. The summed E-state index contributed by atoms with van der Waals surface area (Å²) in [5.41, 5.74) is 1.17. The first kappa shape index (κ1) is 25.5. The Morgan fingerprint density at radius 2 is 1.79 bits per heavy atom. The lowest BCUT2D eigenvalue weighted by Crippen LogP contribution is -2.50. The summed E-state index contributed by atoms with van der Waals surface area (Å²) in [5.74, 6) is -0.606. The van der Waals surface area contributed by atoms with E-state index in [0.29, 0.717) is 30.1 Å². The quantitative estimate of drug-likeness (QED) is 0.587. The zero-order chi connectivity index (χ0) is 24.7. The van der Waals surface area contributed by atoms with Crippen LogP contribution in [0, 0.1) is 11.7 Å². The lowest BCUT2D eigenvalue weighted by atomic mass is 10.0. The largest absolute Gasteiger partial charge is 0.484 e. The van der Waals surface area contributed by atoms with E-state index in [1.165, 1.54) is 6.07 Å². The van der Waals surface area contributed by atoms with Gasteiger partial charge in [0.15, 0.2) is 6.61 Å². The third-order valence-electron chi connectivity index (χ3n) is 5.62. The Hall–Kier alpha value is -3.13. The molecule has 3 rings (SSSR count). The molecule has 8 heteroatoms. The molecule has 1 aliphatic heterocycles. The van der Waals surface area contributed by atoms with Crippen molar-refractivity contribution in [3.8, 4) is 5.75 Å². The molecule has 0 radical (unpaired) electrons. The number of ether oxygens (including phenoxy) is 2. The Kier molecular flexibility index (Phi) is 8.87. The van der Waals surface area contributed by atoms with Crippen LogP contribution in [0.3, 0.4) is 0 Å². The summed E-state index contributed by atoms with van der Waals surface area (Å²) in [4.78, 5) is 27.1. The number of morpholine rings is 1. The molecule has 2 aromatic rings. The summed E-state index contributed by atoms with van der Waals surface area (Å²) in [5, 5.41) is 5.53. The standard InChI is InChI=1S/C26H34FN3O4/c1-17(2)25(29-24(31)16-33-21-8-6-5-7-9-21)26(32)28-13-20-10-11-23(22(27)12-20)30-14-18(3)34-19(4)15-30/h5-12,17-19,25H,13-16H2,1-4H3,(H,28,32)(H,29,31). The number of hydrogen-bond acceptors (Lipinski definition) is 5. The molecular weight excluding hydrogens is 437 g/mol. The lowest BCUT2D eigenvalue weighted by molar-refractivity contribution is -0.131. The summed E-state index contributed by atoms with van der Waals surface area (Å²) in [6.45, 7) is 8.87. The Balaban J connectivity index is 1.54. The van der Waals surface area contributed by atoms with E-state index in [1.54, 1.807) is 24.3 Å². The van der Waals surface area contributed by atoms with E-state index in [1.807, 2.05) is 50.8 Å². The van der Waals surface area contributed by atoms with Gasteiger partial charge in [0.2, 0.25) is 5.91 Å². The number of carbonyl (C=O) groups excluding carboxylic acids is 2. The van der Waals surface area contributed by atoms with Gasteiger partial charge in [0, 0.05) is 19.6 Å². The number of rotatable bonds is 9. The molecule has 184 valence electrons. The second kappa shape index (κ2) is 11.8. The molecule has 2 aromatic carbocycles. The maximum absolute atomic E-state index is 14.8. The van der Waals surface area contributed by atoms with Crippen molar-refractivity contribution in [1.29, 1.82) is 0 Å². The van der Waals surface area contributed by atoms with Gasteiger partial charge in [-0.2, -0.15) is 0 Å². The lowest BCUT2D eigenvalue weighted by Gasteiger charge is -2.37. The Bertz CT molecular complexity index is 960. The maximum atomic E-state index is 14.8. The van der Waals surface area contributed by atoms with Crippen molar-refractivity contribution in [2.75, 3.05) is 24.6 Å². The van der Waals surface area contributed by atoms with Crippen molar-refractivity contribution in [1.82, 2.24) is 10.6 Å². The maximum Gasteiger partial charge on any atom is 0.258 e. The highest BCUT2D eigenvalue weighted by atomic mass is 19.1. The molecule has 1 fully saturated rings. The molecule has 2 amide bonds. The Morgan fingerprint density at radius 3 is 2.41 bits per heavy atom. The van der Waals surface area contributed by atoms with Gasteiger partial charge in [-0.3, -0.25) is 9.59 Å². The Morgan fingerprint density at radius 1 is 1.12 bits per heavy atom. The van der Waals surface area contributed by atoms with Crippen LogP contribution in [0.15, 0.2) is 48.5 Å². The molecule has 2 N–H and O–H groups in total. The number of amides is 2. The number of benzene rings is 2. The number of nitrogens with zero attached hydrogens (tertiary/aromatic N) is 1. The molecule has 1 heterocycles. The summed E-state index contributed by atoms with van der Waals surface area (Å²) >= 11 is 0. The van der Waals surface area contributed by atoms with Crippen molar-refractivity contribution < 1.29 is 23.5 Å². The van der Waals surface area contributed by atoms with Crippen LogP contribution in [0.4, 0.5) is 10.1 Å². The second-order valence-corrected chi connectivity index (χ2v) is 9.06. The average molecular weight is 472 g/mol. The van der Waals surface area contributed by atoms with Crippen LogP contribution >= 0.6 is 0 Å². The summed E-state index contributed by atoms with van der Waals surface area (Å²) < 4.78 is 26.0. The number of nitrogens with one attached hydrogen (secondary N) is 2. The van der Waals surface area contributed by atoms with E-state index < -0.39 is 6.04 Å². The number of anilines is 1. The molecule has 0 saturated carbocycles. The van der Waals surface area contributed by atoms with Crippen LogP contribution in [0.25, 0.3) is 0 Å². The van der Waals surface area contributed by atoms with Crippen LogP contribution in [0.2, 0.25) is 0 Å². The molecule has 34 heavy (non-hydrogen) atoms. The third kappa shape index (κ3) is 7.18. The molecular formula is C26H34FN3O4. The molecule has 7 nitrogen and oxygen atoms in total. The molecule has 0 bridgehead atoms. The zero-order valence-electron chi connectivity index (χ0n) is 20.2. The van der Waals surface area contributed by atoms with Crippen LogP contribution in [-0.2, 0) is 20.9 Å². The second-order valence-electron chi connectivity index (χ2n) is 9.06. The molecule has 3 unspecified atom stereocenters. The van der Waals surface area contributed by atoms with Gasteiger partial charge in [0.25, 0.3) is 5.91 Å². The fourth-order valence-corrected chi connectivity index (χ4v) is 4.01. The van der Waals surface area contributed by atoms with Crippen molar-refractivity contribution in [2.45, 2.75) is 52.5 Å². The van der Waals surface area contributed by atoms with Gasteiger partial charge < -0.3 is 25.0 Å². The monoisotopic (exact) mass is 471 g/mol. The summed E-state index contributed by atoms with van der Waals surface area (Å²) in [6.07, 6.45) is 0.0618. The van der Waals surface area contributed by atoms with Crippen molar-refractivity contribution in [2.24, 2.45) is 5.92 Å². The zero-order valence-corrected chi connectivity index (χ0v) is 20.2. The molecule has 3 atom stereocenters. The van der Waals surface area contributed by atoms with Gasteiger partial charge in [-0.05, 0) is 49.6 Å². The fraction of sp³-hybridized carbons (Fsp3) is 0.462. The van der Waals surface area contributed by atoms with Crippen molar-refractivity contribution >= 4 is 17.5 Å². The molecule has 0 aromatic heterocycles. The number of halogens is 1. The van der Waals surface area contributed by atoms with E-state index in [0.717, 1.165) is 0 Å². The Labute approximate surface area is 200 Å². The van der Waals surface area contributed by atoms with Crippen LogP contribution < -0.4 is 20.3 Å². The van der Waals surface area contributed by atoms with Crippen LogP contribution in [-0.4, -0.2) is 49.8 Å². The minimum absolute atomic E-state index is 0.0309. The first-order chi connectivity index (χ1) is 16.2. The molecule has 0 spiro atoms. The van der Waals surface area contributed by atoms with E-state index >= 15 is 0 Å². The minimum atomic E-state index is -0.729. The van der Waals surface area contributed by atoms with Crippen LogP contribution in [0.1, 0.15) is 33.3 Å².